The standard InChI is InChI=1S/C20H26O/c1-6-17(4)15-19(14-16(2)3)9-7-8-18-10-12-20(21-5)13-11-18/h6-8,10-15,19H,1,9H2,2-5H3/b8-7+,17-15+. The molecular formula is C20H26O. The molecule has 1 rings (SSSR count). The van der Waals surface area contributed by atoms with E-state index < -0.39 is 0 Å². The number of hydrogen-bond donors (Lipinski definition) is 0. The Kier molecular flexibility index (Phi) is 7.31. The van der Waals surface area contributed by atoms with Crippen LogP contribution in [0.1, 0.15) is 32.8 Å². The van der Waals surface area contributed by atoms with E-state index >= 15 is 0 Å². The minimum Gasteiger partial charge on any atom is -0.497 e. The summed E-state index contributed by atoms with van der Waals surface area (Å²) in [6.07, 6.45) is 11.8. The van der Waals surface area contributed by atoms with Crippen LogP contribution in [0.15, 0.2) is 66.3 Å². The van der Waals surface area contributed by atoms with E-state index in [4.69, 9.17) is 4.74 Å². The first-order valence-corrected chi connectivity index (χ1v) is 7.31. The first-order chi connectivity index (χ1) is 10.0. The topological polar surface area (TPSA) is 9.23 Å². The van der Waals surface area contributed by atoms with Crippen molar-refractivity contribution in [3.8, 4) is 5.75 Å². The molecule has 0 amide bonds. The summed E-state index contributed by atoms with van der Waals surface area (Å²) in [6.45, 7) is 10.2. The highest BCUT2D eigenvalue weighted by atomic mass is 16.5. The maximum Gasteiger partial charge on any atom is 0.118 e. The van der Waals surface area contributed by atoms with Crippen LogP contribution in [0.4, 0.5) is 0 Å². The Balaban J connectivity index is 2.73. The van der Waals surface area contributed by atoms with Crippen LogP contribution in [0.2, 0.25) is 0 Å². The number of ether oxygens (including phenoxy) is 1. The van der Waals surface area contributed by atoms with Gasteiger partial charge in [-0.1, -0.05) is 60.2 Å². The normalized spacial score (nSPS) is 13.0. The first-order valence-electron chi connectivity index (χ1n) is 7.31. The van der Waals surface area contributed by atoms with Crippen molar-refractivity contribution < 1.29 is 4.74 Å². The third-order valence-corrected chi connectivity index (χ3v) is 3.18. The van der Waals surface area contributed by atoms with E-state index in [1.807, 2.05) is 18.2 Å². The molecule has 21 heavy (non-hydrogen) atoms. The Bertz CT molecular complexity index is 525. The minimum absolute atomic E-state index is 0.419. The molecule has 112 valence electrons. The van der Waals surface area contributed by atoms with Crippen LogP contribution in [0.3, 0.4) is 0 Å². The third kappa shape index (κ3) is 6.80. The van der Waals surface area contributed by atoms with Crippen molar-refractivity contribution >= 4 is 6.08 Å². The summed E-state index contributed by atoms with van der Waals surface area (Å²) in [5, 5.41) is 0. The number of rotatable bonds is 7. The SMILES string of the molecule is C=C/C(C)=C/C(C=C(C)C)C/C=C/c1ccc(OC)cc1. The van der Waals surface area contributed by atoms with Gasteiger partial charge in [0.2, 0.25) is 0 Å². The second-order valence-corrected chi connectivity index (χ2v) is 5.43. The molecule has 0 aliphatic carbocycles. The van der Waals surface area contributed by atoms with Gasteiger partial charge in [0.05, 0.1) is 7.11 Å². The van der Waals surface area contributed by atoms with E-state index in [9.17, 15) is 0 Å². The molecule has 1 unspecified atom stereocenters. The van der Waals surface area contributed by atoms with Crippen LogP contribution in [0.25, 0.3) is 6.08 Å². The van der Waals surface area contributed by atoms with Crippen molar-refractivity contribution in [2.45, 2.75) is 27.2 Å². The fraction of sp³-hybridized carbons (Fsp3) is 0.300. The van der Waals surface area contributed by atoms with Crippen LogP contribution in [-0.4, -0.2) is 7.11 Å². The first kappa shape index (κ1) is 17.0. The summed E-state index contributed by atoms with van der Waals surface area (Å²) in [6, 6.07) is 8.09. The summed E-state index contributed by atoms with van der Waals surface area (Å²) in [7, 11) is 1.68. The fourth-order valence-corrected chi connectivity index (χ4v) is 2.09. The largest absolute Gasteiger partial charge is 0.497 e. The van der Waals surface area contributed by atoms with Gasteiger partial charge in [-0.15, -0.1) is 0 Å². The molecule has 0 bridgehead atoms. The molecule has 0 aromatic heterocycles. The minimum atomic E-state index is 0.419. The number of benzene rings is 1. The Hall–Kier alpha value is -2.02. The van der Waals surface area contributed by atoms with Gasteiger partial charge in [0.1, 0.15) is 5.75 Å². The van der Waals surface area contributed by atoms with Gasteiger partial charge in [0.25, 0.3) is 0 Å². The van der Waals surface area contributed by atoms with Crippen LogP contribution in [0.5, 0.6) is 5.75 Å². The van der Waals surface area contributed by atoms with Crippen molar-refractivity contribution in [2.75, 3.05) is 7.11 Å². The molecule has 0 saturated carbocycles. The predicted molar refractivity (Wildman–Crippen MR) is 93.5 cm³/mol. The molecule has 1 atom stereocenters. The number of hydrogen-bond acceptors (Lipinski definition) is 1. The van der Waals surface area contributed by atoms with Gasteiger partial charge in [-0.25, -0.2) is 0 Å². The van der Waals surface area contributed by atoms with Gasteiger partial charge in [-0.05, 0) is 50.8 Å². The third-order valence-electron chi connectivity index (χ3n) is 3.18. The number of allylic oxidation sites excluding steroid dienone is 6. The van der Waals surface area contributed by atoms with Gasteiger partial charge in [-0.3, -0.25) is 0 Å². The molecule has 1 aromatic rings. The lowest BCUT2D eigenvalue weighted by Gasteiger charge is -2.07. The van der Waals surface area contributed by atoms with Crippen molar-refractivity contribution in [1.82, 2.24) is 0 Å². The predicted octanol–water partition coefficient (Wildman–Crippen LogP) is 5.81. The van der Waals surface area contributed by atoms with Crippen LogP contribution < -0.4 is 4.74 Å². The average molecular weight is 282 g/mol. The van der Waals surface area contributed by atoms with Gasteiger partial charge < -0.3 is 4.74 Å². The van der Waals surface area contributed by atoms with Gasteiger partial charge in [0, 0.05) is 0 Å². The maximum absolute atomic E-state index is 5.16. The average Bonchev–Trinajstić information content (AvgIpc) is 2.47. The van der Waals surface area contributed by atoms with Crippen molar-refractivity contribution in [3.05, 3.63) is 71.9 Å². The van der Waals surface area contributed by atoms with Crippen molar-refractivity contribution in [3.63, 3.8) is 0 Å². The zero-order chi connectivity index (χ0) is 15.7. The smallest absolute Gasteiger partial charge is 0.118 e. The zero-order valence-electron chi connectivity index (χ0n) is 13.6. The summed E-state index contributed by atoms with van der Waals surface area (Å²) in [4.78, 5) is 0. The summed E-state index contributed by atoms with van der Waals surface area (Å²) in [5.41, 5.74) is 3.75. The molecule has 0 heterocycles. The number of methoxy groups -OCH3 is 1. The van der Waals surface area contributed by atoms with Crippen LogP contribution in [-0.2, 0) is 0 Å². The molecule has 0 radical (unpaired) electrons. The second-order valence-electron chi connectivity index (χ2n) is 5.43. The molecule has 1 aromatic carbocycles. The second kappa shape index (κ2) is 9.02. The van der Waals surface area contributed by atoms with E-state index in [1.165, 1.54) is 16.7 Å². The highest BCUT2D eigenvalue weighted by Gasteiger charge is 2.00. The summed E-state index contributed by atoms with van der Waals surface area (Å²) >= 11 is 0. The van der Waals surface area contributed by atoms with Crippen LogP contribution in [0, 0.1) is 5.92 Å². The van der Waals surface area contributed by atoms with E-state index in [1.54, 1.807) is 7.11 Å². The van der Waals surface area contributed by atoms with Crippen LogP contribution >= 0.6 is 0 Å². The Labute approximate surface area is 129 Å². The lowest BCUT2D eigenvalue weighted by atomic mass is 9.99. The highest BCUT2D eigenvalue weighted by molar-refractivity contribution is 5.50. The maximum atomic E-state index is 5.16. The fourth-order valence-electron chi connectivity index (χ4n) is 2.09. The molecule has 1 heteroatoms. The monoisotopic (exact) mass is 282 g/mol. The molecule has 0 saturated heterocycles. The quantitative estimate of drug-likeness (QED) is 0.452. The lowest BCUT2D eigenvalue weighted by molar-refractivity contribution is 0.415. The van der Waals surface area contributed by atoms with Gasteiger partial charge in [-0.2, -0.15) is 0 Å². The molecule has 1 nitrogen and oxygen atoms in total. The Morgan fingerprint density at radius 2 is 1.81 bits per heavy atom. The lowest BCUT2D eigenvalue weighted by Crippen LogP contribution is -1.92. The van der Waals surface area contributed by atoms with E-state index in [2.05, 4.69) is 63.8 Å². The van der Waals surface area contributed by atoms with E-state index in [0.29, 0.717) is 5.92 Å². The van der Waals surface area contributed by atoms with Gasteiger partial charge >= 0.3 is 0 Å². The molecule has 0 aliphatic rings. The van der Waals surface area contributed by atoms with E-state index in [-0.39, 0.29) is 0 Å². The van der Waals surface area contributed by atoms with Gasteiger partial charge in [0.15, 0.2) is 0 Å². The molecule has 0 spiro atoms. The molecule has 0 N–H and O–H groups in total. The van der Waals surface area contributed by atoms with Crippen molar-refractivity contribution in [2.24, 2.45) is 5.92 Å². The highest BCUT2D eigenvalue weighted by Crippen LogP contribution is 2.16. The summed E-state index contributed by atoms with van der Waals surface area (Å²) in [5.74, 6) is 1.31. The Morgan fingerprint density at radius 1 is 1.14 bits per heavy atom. The summed E-state index contributed by atoms with van der Waals surface area (Å²) < 4.78 is 5.16. The Morgan fingerprint density at radius 3 is 2.33 bits per heavy atom. The zero-order valence-corrected chi connectivity index (χ0v) is 13.6. The van der Waals surface area contributed by atoms with E-state index in [0.717, 1.165) is 12.2 Å². The molecular weight excluding hydrogens is 256 g/mol. The van der Waals surface area contributed by atoms with Crippen molar-refractivity contribution in [1.29, 1.82) is 0 Å². The molecule has 0 aliphatic heterocycles. The molecule has 0 fully saturated rings.